The summed E-state index contributed by atoms with van der Waals surface area (Å²) in [6.07, 6.45) is 4.62. The van der Waals surface area contributed by atoms with E-state index >= 15 is 0 Å². The average molecular weight is 305 g/mol. The topological polar surface area (TPSA) is 103 Å². The van der Waals surface area contributed by atoms with Crippen LogP contribution < -0.4 is 4.90 Å². The predicted molar refractivity (Wildman–Crippen MR) is 70.8 cm³/mol. The summed E-state index contributed by atoms with van der Waals surface area (Å²) in [5.41, 5.74) is 0. The maximum atomic E-state index is 5.98. The third-order valence-electron chi connectivity index (χ3n) is 3.13. The first-order chi connectivity index (χ1) is 10.3. The minimum Gasteiger partial charge on any atom is -0.331 e. The number of rotatable bonds is 2. The molecule has 11 heteroatoms. The van der Waals surface area contributed by atoms with Gasteiger partial charge in [-0.15, -0.1) is 10.2 Å². The zero-order valence-electron chi connectivity index (χ0n) is 10.7. The first-order valence-electron chi connectivity index (χ1n) is 6.18. The molecule has 0 fully saturated rings. The Labute approximate surface area is 123 Å². The van der Waals surface area contributed by atoms with Crippen molar-refractivity contribution in [2.75, 3.05) is 11.4 Å². The lowest BCUT2D eigenvalue weighted by atomic mass is 10.4. The highest BCUT2D eigenvalue weighted by molar-refractivity contribution is 6.28. The molecule has 0 saturated carbocycles. The van der Waals surface area contributed by atoms with E-state index in [4.69, 9.17) is 11.6 Å². The van der Waals surface area contributed by atoms with Gasteiger partial charge < -0.3 is 9.47 Å². The van der Waals surface area contributed by atoms with Crippen LogP contribution in [0.5, 0.6) is 0 Å². The number of fused-ring (bicyclic) bond motifs is 1. The molecule has 4 rings (SSSR count). The van der Waals surface area contributed by atoms with Crippen molar-refractivity contribution in [3.05, 3.63) is 30.1 Å². The molecule has 21 heavy (non-hydrogen) atoms. The molecule has 10 nitrogen and oxygen atoms in total. The summed E-state index contributed by atoms with van der Waals surface area (Å²) >= 11 is 5.98. The molecule has 0 spiro atoms. The van der Waals surface area contributed by atoms with Crippen molar-refractivity contribution < 1.29 is 0 Å². The van der Waals surface area contributed by atoms with Crippen molar-refractivity contribution in [2.45, 2.75) is 13.1 Å². The van der Waals surface area contributed by atoms with Crippen LogP contribution in [0.2, 0.25) is 5.28 Å². The van der Waals surface area contributed by atoms with E-state index in [1.165, 1.54) is 17.3 Å². The number of aromatic nitrogens is 9. The van der Waals surface area contributed by atoms with E-state index in [1.54, 1.807) is 6.33 Å². The zero-order chi connectivity index (χ0) is 14.2. The minimum absolute atomic E-state index is 0.109. The van der Waals surface area contributed by atoms with Gasteiger partial charge in [-0.1, -0.05) is 0 Å². The molecule has 0 radical (unpaired) electrons. The molecule has 1 aliphatic heterocycles. The Morgan fingerprint density at radius 3 is 2.81 bits per heavy atom. The van der Waals surface area contributed by atoms with Gasteiger partial charge in [0.15, 0.2) is 5.82 Å². The van der Waals surface area contributed by atoms with Crippen molar-refractivity contribution >= 4 is 17.5 Å². The Kier molecular flexibility index (Phi) is 2.74. The number of nitrogens with zero attached hydrogens (tertiary/aromatic N) is 10. The Hall–Kier alpha value is -2.62. The smallest absolute Gasteiger partial charge is 0.258 e. The lowest BCUT2D eigenvalue weighted by Crippen LogP contribution is -2.35. The van der Waals surface area contributed by atoms with Crippen molar-refractivity contribution in [3.8, 4) is 5.95 Å². The Balaban J connectivity index is 1.70. The molecule has 0 atom stereocenters. The second-order valence-electron chi connectivity index (χ2n) is 4.41. The van der Waals surface area contributed by atoms with Gasteiger partial charge in [-0.2, -0.15) is 24.7 Å². The van der Waals surface area contributed by atoms with Crippen molar-refractivity contribution in [3.63, 3.8) is 0 Å². The molecular weight excluding hydrogens is 296 g/mol. The second-order valence-corrected chi connectivity index (χ2v) is 4.74. The molecule has 0 amide bonds. The zero-order valence-corrected chi connectivity index (χ0v) is 11.5. The van der Waals surface area contributed by atoms with Crippen LogP contribution in [0, 0.1) is 0 Å². The summed E-state index contributed by atoms with van der Waals surface area (Å²) in [7, 11) is 0. The first-order valence-corrected chi connectivity index (χ1v) is 6.55. The fraction of sp³-hybridized carbons (Fsp3) is 0.300. The van der Waals surface area contributed by atoms with Gasteiger partial charge in [-0.05, 0) is 11.6 Å². The molecule has 0 unspecified atom stereocenters. The van der Waals surface area contributed by atoms with E-state index in [9.17, 15) is 0 Å². The molecule has 0 bridgehead atoms. The van der Waals surface area contributed by atoms with Crippen molar-refractivity contribution in [1.82, 2.24) is 44.5 Å². The first kappa shape index (κ1) is 12.1. The third kappa shape index (κ3) is 2.18. The maximum absolute atomic E-state index is 5.98. The molecule has 0 saturated heterocycles. The Morgan fingerprint density at radius 2 is 1.95 bits per heavy atom. The van der Waals surface area contributed by atoms with Crippen LogP contribution in [0.3, 0.4) is 0 Å². The molecule has 0 aliphatic carbocycles. The van der Waals surface area contributed by atoms with E-state index in [2.05, 4.69) is 35.2 Å². The molecule has 3 aromatic heterocycles. The largest absolute Gasteiger partial charge is 0.331 e. The van der Waals surface area contributed by atoms with Crippen LogP contribution >= 0.6 is 11.6 Å². The van der Waals surface area contributed by atoms with Crippen LogP contribution in [0.15, 0.2) is 19.0 Å². The van der Waals surface area contributed by atoms with Crippen LogP contribution in [-0.2, 0) is 13.1 Å². The molecule has 0 aromatic carbocycles. The number of hydrogen-bond donors (Lipinski definition) is 0. The Morgan fingerprint density at radius 1 is 1.05 bits per heavy atom. The summed E-state index contributed by atoms with van der Waals surface area (Å²) < 4.78 is 3.43. The van der Waals surface area contributed by atoms with Crippen LogP contribution in [0.25, 0.3) is 5.95 Å². The fourth-order valence-corrected chi connectivity index (χ4v) is 2.27. The predicted octanol–water partition coefficient (Wildman–Crippen LogP) is -0.283. The van der Waals surface area contributed by atoms with Gasteiger partial charge in [0, 0.05) is 13.1 Å². The third-order valence-corrected chi connectivity index (χ3v) is 3.30. The summed E-state index contributed by atoms with van der Waals surface area (Å²) in [5.74, 6) is 1.67. The number of halogens is 1. The molecular formula is C10H9ClN10. The summed E-state index contributed by atoms with van der Waals surface area (Å²) in [6, 6.07) is 0. The minimum atomic E-state index is 0.109. The molecule has 106 valence electrons. The number of hydrogen-bond acceptors (Lipinski definition) is 8. The van der Waals surface area contributed by atoms with E-state index in [1.807, 2.05) is 9.47 Å². The standard InChI is InChI=1S/C10H9ClN10/c11-8-15-9(17-10(16-8)21-5-12-4-14-21)19-1-2-20-6-13-18-7(20)3-19/h4-6H,1-3H2. The summed E-state index contributed by atoms with van der Waals surface area (Å²) in [6.45, 7) is 2.07. The second kappa shape index (κ2) is 4.74. The quantitative estimate of drug-likeness (QED) is 0.636. The van der Waals surface area contributed by atoms with Gasteiger partial charge in [-0.25, -0.2) is 4.98 Å². The van der Waals surface area contributed by atoms with Gasteiger partial charge in [0.05, 0.1) is 6.54 Å². The fourth-order valence-electron chi connectivity index (χ4n) is 2.12. The summed E-state index contributed by atoms with van der Waals surface area (Å²) in [5, 5.41) is 12.1. The van der Waals surface area contributed by atoms with Crippen molar-refractivity contribution in [2.24, 2.45) is 0 Å². The monoisotopic (exact) mass is 304 g/mol. The maximum Gasteiger partial charge on any atom is 0.258 e. The lowest BCUT2D eigenvalue weighted by molar-refractivity contribution is 0.549. The van der Waals surface area contributed by atoms with Gasteiger partial charge in [0.25, 0.3) is 5.95 Å². The van der Waals surface area contributed by atoms with Crippen LogP contribution in [-0.4, -0.2) is 51.0 Å². The molecule has 3 aromatic rings. The lowest BCUT2D eigenvalue weighted by Gasteiger charge is -2.26. The van der Waals surface area contributed by atoms with E-state index in [0.717, 1.165) is 18.9 Å². The van der Waals surface area contributed by atoms with E-state index < -0.39 is 0 Å². The summed E-state index contributed by atoms with van der Waals surface area (Å²) in [4.78, 5) is 18.4. The van der Waals surface area contributed by atoms with Gasteiger partial charge in [-0.3, -0.25) is 0 Å². The van der Waals surface area contributed by atoms with Crippen molar-refractivity contribution in [1.29, 1.82) is 0 Å². The molecule has 0 N–H and O–H groups in total. The van der Waals surface area contributed by atoms with Gasteiger partial charge in [0.1, 0.15) is 19.0 Å². The normalized spacial score (nSPS) is 14.2. The van der Waals surface area contributed by atoms with E-state index in [0.29, 0.717) is 18.4 Å². The van der Waals surface area contributed by atoms with Gasteiger partial charge in [0.2, 0.25) is 11.2 Å². The van der Waals surface area contributed by atoms with E-state index in [-0.39, 0.29) is 5.28 Å². The number of anilines is 1. The van der Waals surface area contributed by atoms with Gasteiger partial charge >= 0.3 is 0 Å². The molecule has 1 aliphatic rings. The average Bonchev–Trinajstić information content (AvgIpc) is 3.17. The highest BCUT2D eigenvalue weighted by atomic mass is 35.5. The highest BCUT2D eigenvalue weighted by Crippen LogP contribution is 2.18. The molecule has 4 heterocycles. The van der Waals surface area contributed by atoms with Crippen LogP contribution in [0.1, 0.15) is 5.82 Å². The van der Waals surface area contributed by atoms with Crippen LogP contribution in [0.4, 0.5) is 5.95 Å². The SMILES string of the molecule is Clc1nc(N2CCn3cnnc3C2)nc(-n2cncn2)n1. The Bertz CT molecular complexity index is 766. The highest BCUT2D eigenvalue weighted by Gasteiger charge is 2.21.